The van der Waals surface area contributed by atoms with Crippen molar-refractivity contribution in [1.29, 1.82) is 0 Å². The Labute approximate surface area is 121 Å². The summed E-state index contributed by atoms with van der Waals surface area (Å²) in [4.78, 5) is 0. The second-order valence-electron chi connectivity index (χ2n) is 5.92. The van der Waals surface area contributed by atoms with Gasteiger partial charge in [0.2, 0.25) is 0 Å². The predicted octanol–water partition coefficient (Wildman–Crippen LogP) is 4.27. The smallest absolute Gasteiger partial charge is 0.103 e. The lowest BCUT2D eigenvalue weighted by molar-refractivity contribution is 0.460. The molecule has 2 nitrogen and oxygen atoms in total. The van der Waals surface area contributed by atoms with Gasteiger partial charge >= 0.3 is 0 Å². The zero-order valence-corrected chi connectivity index (χ0v) is 12.1. The molecule has 1 saturated carbocycles. The number of furan rings is 1. The van der Waals surface area contributed by atoms with Gasteiger partial charge in [0.15, 0.2) is 0 Å². The predicted molar refractivity (Wildman–Crippen MR) is 81.7 cm³/mol. The second kappa shape index (κ2) is 6.27. The van der Waals surface area contributed by atoms with Crippen molar-refractivity contribution < 1.29 is 4.42 Å². The van der Waals surface area contributed by atoms with E-state index in [2.05, 4.69) is 36.5 Å². The number of hydrogen-bond acceptors (Lipinski definition) is 2. The van der Waals surface area contributed by atoms with Gasteiger partial charge in [-0.25, -0.2) is 0 Å². The number of benzene rings is 1. The topological polar surface area (TPSA) is 25.2 Å². The van der Waals surface area contributed by atoms with Crippen molar-refractivity contribution in [1.82, 2.24) is 5.32 Å². The van der Waals surface area contributed by atoms with E-state index in [1.54, 1.807) is 6.26 Å². The molecule has 1 heterocycles. The van der Waals surface area contributed by atoms with Crippen molar-refractivity contribution in [3.05, 3.63) is 59.5 Å². The van der Waals surface area contributed by atoms with Crippen LogP contribution in [0.15, 0.2) is 47.1 Å². The molecule has 0 saturated heterocycles. The minimum Gasteiger partial charge on any atom is -0.469 e. The maximum Gasteiger partial charge on any atom is 0.103 e. The minimum absolute atomic E-state index is 0.504. The quantitative estimate of drug-likeness (QED) is 0.812. The molecule has 1 unspecified atom stereocenters. The van der Waals surface area contributed by atoms with Gasteiger partial charge in [0.25, 0.3) is 0 Å². The van der Waals surface area contributed by atoms with Crippen molar-refractivity contribution >= 4 is 0 Å². The van der Waals surface area contributed by atoms with E-state index in [-0.39, 0.29) is 0 Å². The number of aryl methyl sites for hydroxylation is 1. The highest BCUT2D eigenvalue weighted by Crippen LogP contribution is 2.40. The maximum absolute atomic E-state index is 5.37. The zero-order valence-electron chi connectivity index (χ0n) is 12.1. The Morgan fingerprint density at radius 2 is 2.15 bits per heavy atom. The van der Waals surface area contributed by atoms with Gasteiger partial charge in [-0.15, -0.1) is 0 Å². The minimum atomic E-state index is 0.504. The van der Waals surface area contributed by atoms with Crippen LogP contribution in [-0.4, -0.2) is 6.04 Å². The normalized spacial score (nSPS) is 16.2. The van der Waals surface area contributed by atoms with Gasteiger partial charge in [-0.3, -0.25) is 0 Å². The maximum atomic E-state index is 5.37. The Morgan fingerprint density at radius 1 is 1.25 bits per heavy atom. The molecule has 1 N–H and O–H groups in total. The molecule has 1 aliphatic carbocycles. The van der Waals surface area contributed by atoms with Crippen LogP contribution in [0.4, 0.5) is 0 Å². The standard InChI is InChI=1S/C18H23NO/c1-14(7-10-18-6-3-11-20-18)19-13-15-4-2-5-17(12-15)16-8-9-16/h2-6,11-12,14,16,19H,7-10,13H2,1H3. The van der Waals surface area contributed by atoms with E-state index in [0.29, 0.717) is 6.04 Å². The van der Waals surface area contributed by atoms with Crippen LogP contribution in [0.1, 0.15) is 49.0 Å². The summed E-state index contributed by atoms with van der Waals surface area (Å²) in [6, 6.07) is 13.6. The molecular weight excluding hydrogens is 246 g/mol. The Hall–Kier alpha value is -1.54. The lowest BCUT2D eigenvalue weighted by Crippen LogP contribution is -2.25. The van der Waals surface area contributed by atoms with E-state index in [4.69, 9.17) is 4.42 Å². The van der Waals surface area contributed by atoms with Crippen molar-refractivity contribution in [3.8, 4) is 0 Å². The van der Waals surface area contributed by atoms with Crippen LogP contribution in [0.5, 0.6) is 0 Å². The molecule has 2 heteroatoms. The van der Waals surface area contributed by atoms with Crippen LogP contribution in [0, 0.1) is 0 Å². The van der Waals surface area contributed by atoms with E-state index < -0.39 is 0 Å². The largest absolute Gasteiger partial charge is 0.469 e. The fourth-order valence-corrected chi connectivity index (χ4v) is 2.58. The van der Waals surface area contributed by atoms with E-state index in [1.807, 2.05) is 12.1 Å². The van der Waals surface area contributed by atoms with Crippen LogP contribution in [0.25, 0.3) is 0 Å². The number of hydrogen-bond donors (Lipinski definition) is 1. The molecule has 0 bridgehead atoms. The molecular formula is C18H23NO. The molecule has 2 aromatic rings. The van der Waals surface area contributed by atoms with Gasteiger partial charge in [0.05, 0.1) is 6.26 Å². The monoisotopic (exact) mass is 269 g/mol. The summed E-state index contributed by atoms with van der Waals surface area (Å²) in [5.74, 6) is 1.92. The molecule has 1 fully saturated rings. The van der Waals surface area contributed by atoms with Gasteiger partial charge in [0, 0.05) is 19.0 Å². The van der Waals surface area contributed by atoms with E-state index >= 15 is 0 Å². The van der Waals surface area contributed by atoms with Crippen molar-refractivity contribution in [2.24, 2.45) is 0 Å². The summed E-state index contributed by atoms with van der Waals surface area (Å²) in [5.41, 5.74) is 2.92. The first-order valence-electron chi connectivity index (χ1n) is 7.66. The lowest BCUT2D eigenvalue weighted by Gasteiger charge is -2.13. The zero-order chi connectivity index (χ0) is 13.8. The summed E-state index contributed by atoms with van der Waals surface area (Å²) in [6.07, 6.45) is 6.60. The van der Waals surface area contributed by atoms with Crippen LogP contribution < -0.4 is 5.32 Å². The molecule has 1 aromatic heterocycles. The first-order chi connectivity index (χ1) is 9.81. The molecule has 1 aliphatic rings. The molecule has 0 radical (unpaired) electrons. The molecule has 1 aromatic carbocycles. The molecule has 20 heavy (non-hydrogen) atoms. The van der Waals surface area contributed by atoms with Crippen LogP contribution in [0.3, 0.4) is 0 Å². The van der Waals surface area contributed by atoms with Crippen LogP contribution >= 0.6 is 0 Å². The highest BCUT2D eigenvalue weighted by molar-refractivity contribution is 5.29. The lowest BCUT2D eigenvalue weighted by atomic mass is 10.1. The van der Waals surface area contributed by atoms with Crippen molar-refractivity contribution in [2.75, 3.05) is 0 Å². The average Bonchev–Trinajstić information content (AvgIpc) is 3.20. The summed E-state index contributed by atoms with van der Waals surface area (Å²) in [5, 5.41) is 3.61. The van der Waals surface area contributed by atoms with E-state index in [1.165, 1.54) is 24.0 Å². The van der Waals surface area contributed by atoms with Gasteiger partial charge in [-0.05, 0) is 55.4 Å². The summed E-state index contributed by atoms with van der Waals surface area (Å²) >= 11 is 0. The fraction of sp³-hybridized carbons (Fsp3) is 0.444. The Morgan fingerprint density at radius 3 is 2.90 bits per heavy atom. The van der Waals surface area contributed by atoms with Gasteiger partial charge in [-0.2, -0.15) is 0 Å². The SMILES string of the molecule is CC(CCc1ccco1)NCc1cccc(C2CC2)c1. The fourth-order valence-electron chi connectivity index (χ4n) is 2.58. The van der Waals surface area contributed by atoms with E-state index in [9.17, 15) is 0 Å². The molecule has 0 spiro atoms. The van der Waals surface area contributed by atoms with Gasteiger partial charge < -0.3 is 9.73 Å². The number of rotatable bonds is 7. The molecule has 3 rings (SSSR count). The van der Waals surface area contributed by atoms with Gasteiger partial charge in [0.1, 0.15) is 5.76 Å². The third kappa shape index (κ3) is 3.73. The van der Waals surface area contributed by atoms with E-state index in [0.717, 1.165) is 31.1 Å². The first kappa shape index (κ1) is 13.4. The van der Waals surface area contributed by atoms with Crippen LogP contribution in [0.2, 0.25) is 0 Å². The Balaban J connectivity index is 1.45. The van der Waals surface area contributed by atoms with Gasteiger partial charge in [-0.1, -0.05) is 24.3 Å². The molecule has 106 valence electrons. The van der Waals surface area contributed by atoms with Crippen molar-refractivity contribution in [3.63, 3.8) is 0 Å². The average molecular weight is 269 g/mol. The van der Waals surface area contributed by atoms with Crippen LogP contribution in [-0.2, 0) is 13.0 Å². The summed E-state index contributed by atoms with van der Waals surface area (Å²) < 4.78 is 5.37. The highest BCUT2D eigenvalue weighted by atomic mass is 16.3. The second-order valence-corrected chi connectivity index (χ2v) is 5.92. The highest BCUT2D eigenvalue weighted by Gasteiger charge is 2.23. The van der Waals surface area contributed by atoms with Crippen molar-refractivity contribution in [2.45, 2.75) is 51.1 Å². The summed E-state index contributed by atoms with van der Waals surface area (Å²) in [6.45, 7) is 3.20. The molecule has 0 aliphatic heterocycles. The summed E-state index contributed by atoms with van der Waals surface area (Å²) in [7, 11) is 0. The Bertz CT molecular complexity index is 528. The Kier molecular flexibility index (Phi) is 4.22. The third-order valence-electron chi connectivity index (χ3n) is 4.06. The molecule has 1 atom stereocenters. The first-order valence-corrected chi connectivity index (χ1v) is 7.66. The third-order valence-corrected chi connectivity index (χ3v) is 4.06. The molecule has 0 amide bonds. The number of nitrogens with one attached hydrogen (secondary N) is 1.